The molecule has 218 valence electrons. The van der Waals surface area contributed by atoms with Crippen LogP contribution in [0.2, 0.25) is 0 Å². The Morgan fingerprint density at radius 1 is 0.951 bits per heavy atom. The minimum Gasteiger partial charge on any atom is -0.481 e. The number of hydrogen-bond donors (Lipinski definition) is 3. The summed E-state index contributed by atoms with van der Waals surface area (Å²) in [5, 5.41) is 15.5. The average Bonchev–Trinajstić information content (AvgIpc) is 2.97. The topological polar surface area (TPSA) is 105 Å². The van der Waals surface area contributed by atoms with Crippen molar-refractivity contribution < 1.29 is 24.2 Å². The summed E-state index contributed by atoms with van der Waals surface area (Å²) in [4.78, 5) is 38.6. The number of aliphatic carboxylic acids is 1. The van der Waals surface area contributed by atoms with Crippen molar-refractivity contribution in [3.8, 4) is 11.1 Å². The Labute approximate surface area is 243 Å². The van der Waals surface area contributed by atoms with E-state index in [1.165, 1.54) is 11.1 Å². The molecule has 3 aromatic rings. The molecule has 3 N–H and O–H groups in total. The molecule has 7 heteroatoms. The zero-order valence-electron chi connectivity index (χ0n) is 24.5. The van der Waals surface area contributed by atoms with Gasteiger partial charge in [0.25, 0.3) is 0 Å². The normalized spacial score (nSPS) is 14.0. The van der Waals surface area contributed by atoms with Gasteiger partial charge in [0.15, 0.2) is 0 Å². The maximum atomic E-state index is 13.4. The maximum absolute atomic E-state index is 13.4. The van der Waals surface area contributed by atoms with Crippen molar-refractivity contribution in [3.63, 3.8) is 0 Å². The lowest BCUT2D eigenvalue weighted by atomic mass is 9.89. The van der Waals surface area contributed by atoms with Crippen LogP contribution in [0.25, 0.3) is 11.1 Å². The van der Waals surface area contributed by atoms with Gasteiger partial charge < -0.3 is 20.5 Å². The van der Waals surface area contributed by atoms with Crippen LogP contribution < -0.4 is 10.6 Å². The van der Waals surface area contributed by atoms with Crippen LogP contribution in [-0.4, -0.2) is 42.1 Å². The molecule has 0 saturated carbocycles. The molecule has 0 aliphatic carbocycles. The van der Waals surface area contributed by atoms with Crippen molar-refractivity contribution in [2.45, 2.75) is 64.5 Å². The van der Waals surface area contributed by atoms with Crippen LogP contribution in [-0.2, 0) is 25.5 Å². The second kappa shape index (κ2) is 15.1. The first kappa shape index (κ1) is 31.6. The smallest absolute Gasteiger partial charge is 0.304 e. The first-order chi connectivity index (χ1) is 19.7. The lowest BCUT2D eigenvalue weighted by molar-refractivity contribution is -0.142. The number of ether oxygens (including phenoxy) is 1. The SMILES string of the molecule is CCC(C)(NC(=O)[C@H](CCCc1cccc(C)c1-c1ccccc1)CC(=O)O)C(=O)N[C@H](COC)c1ccccc1. The number of nitrogens with one attached hydrogen (secondary N) is 2. The quantitative estimate of drug-likeness (QED) is 0.217. The average molecular weight is 559 g/mol. The third-order valence-electron chi connectivity index (χ3n) is 7.66. The molecule has 0 aliphatic heterocycles. The third-order valence-corrected chi connectivity index (χ3v) is 7.66. The van der Waals surface area contributed by atoms with E-state index in [4.69, 9.17) is 4.74 Å². The Kier molecular flexibility index (Phi) is 11.7. The van der Waals surface area contributed by atoms with Gasteiger partial charge in [0.2, 0.25) is 11.8 Å². The minimum atomic E-state index is -1.22. The molecule has 0 aromatic heterocycles. The number of methoxy groups -OCH3 is 1. The fourth-order valence-electron chi connectivity index (χ4n) is 5.10. The highest BCUT2D eigenvalue weighted by atomic mass is 16.5. The fraction of sp³-hybridized carbons (Fsp3) is 0.382. The number of hydrogen-bond acceptors (Lipinski definition) is 4. The van der Waals surface area contributed by atoms with Crippen molar-refractivity contribution in [1.82, 2.24) is 10.6 Å². The molecule has 0 spiro atoms. The molecule has 0 saturated heterocycles. The van der Waals surface area contributed by atoms with E-state index in [9.17, 15) is 19.5 Å². The molecule has 3 aromatic carbocycles. The molecule has 0 aliphatic rings. The molecule has 41 heavy (non-hydrogen) atoms. The number of carboxylic acid groups (broad SMARTS) is 1. The Morgan fingerprint density at radius 2 is 1.61 bits per heavy atom. The summed E-state index contributed by atoms with van der Waals surface area (Å²) in [6.45, 7) is 5.85. The Morgan fingerprint density at radius 3 is 2.22 bits per heavy atom. The maximum Gasteiger partial charge on any atom is 0.304 e. The van der Waals surface area contributed by atoms with Gasteiger partial charge in [0.1, 0.15) is 5.54 Å². The van der Waals surface area contributed by atoms with E-state index in [0.717, 1.165) is 16.7 Å². The first-order valence-corrected chi connectivity index (χ1v) is 14.2. The molecule has 3 rings (SSSR count). The van der Waals surface area contributed by atoms with Crippen LogP contribution in [0.4, 0.5) is 0 Å². The van der Waals surface area contributed by atoms with Gasteiger partial charge in [-0.2, -0.15) is 0 Å². The second-order valence-electron chi connectivity index (χ2n) is 10.7. The molecule has 0 heterocycles. The van der Waals surface area contributed by atoms with Crippen molar-refractivity contribution in [2.24, 2.45) is 5.92 Å². The molecule has 7 nitrogen and oxygen atoms in total. The third kappa shape index (κ3) is 8.76. The van der Waals surface area contributed by atoms with E-state index in [1.54, 1.807) is 14.0 Å². The number of carbonyl (C=O) groups is 3. The minimum absolute atomic E-state index is 0.273. The predicted molar refractivity (Wildman–Crippen MR) is 161 cm³/mol. The predicted octanol–water partition coefficient (Wildman–Crippen LogP) is 5.86. The Bertz CT molecular complexity index is 1290. The zero-order chi connectivity index (χ0) is 29.8. The molecule has 3 atom stereocenters. The standard InChI is InChI=1S/C34H42N2O5/c1-5-34(3,33(40)35-29(23-41-4)25-15-8-6-9-16-25)36-32(39)28(22-30(37)38)21-13-20-27-19-12-14-24(2)31(27)26-17-10-7-11-18-26/h6-12,14-19,28-29H,5,13,20-23H2,1-4H3,(H,35,40)(H,36,39)(H,37,38)/t28-,29-,34?/m1/s1. The summed E-state index contributed by atoms with van der Waals surface area (Å²) in [5.74, 6) is -2.58. The van der Waals surface area contributed by atoms with E-state index < -0.39 is 23.3 Å². The molecule has 0 fully saturated rings. The van der Waals surface area contributed by atoms with Crippen molar-refractivity contribution in [3.05, 3.63) is 95.6 Å². The van der Waals surface area contributed by atoms with Crippen molar-refractivity contribution in [2.75, 3.05) is 13.7 Å². The largest absolute Gasteiger partial charge is 0.481 e. The van der Waals surface area contributed by atoms with E-state index in [-0.39, 0.29) is 25.0 Å². The lowest BCUT2D eigenvalue weighted by Crippen LogP contribution is -2.58. The number of benzene rings is 3. The summed E-state index contributed by atoms with van der Waals surface area (Å²) in [7, 11) is 1.57. The van der Waals surface area contributed by atoms with Crippen molar-refractivity contribution >= 4 is 17.8 Å². The van der Waals surface area contributed by atoms with Crippen LogP contribution in [0.3, 0.4) is 0 Å². The van der Waals surface area contributed by atoms with Crippen LogP contribution in [0.1, 0.15) is 62.3 Å². The summed E-state index contributed by atoms with van der Waals surface area (Å²) in [5.41, 5.74) is 4.31. The monoisotopic (exact) mass is 558 g/mol. The summed E-state index contributed by atoms with van der Waals surface area (Å²) in [6, 6.07) is 25.5. The number of carbonyl (C=O) groups excluding carboxylic acids is 2. The van der Waals surface area contributed by atoms with Crippen LogP contribution in [0.5, 0.6) is 0 Å². The molecular formula is C34H42N2O5. The van der Waals surface area contributed by atoms with Crippen LogP contribution in [0, 0.1) is 12.8 Å². The lowest BCUT2D eigenvalue weighted by Gasteiger charge is -2.32. The second-order valence-corrected chi connectivity index (χ2v) is 10.7. The molecule has 0 bridgehead atoms. The van der Waals surface area contributed by atoms with E-state index in [1.807, 2.05) is 61.5 Å². The number of aryl methyl sites for hydroxylation is 2. The Balaban J connectivity index is 1.71. The highest BCUT2D eigenvalue weighted by molar-refractivity contribution is 5.93. The fourth-order valence-corrected chi connectivity index (χ4v) is 5.10. The van der Waals surface area contributed by atoms with Gasteiger partial charge >= 0.3 is 5.97 Å². The number of carboxylic acids is 1. The van der Waals surface area contributed by atoms with Gasteiger partial charge in [0.05, 0.1) is 19.1 Å². The van der Waals surface area contributed by atoms with Gasteiger partial charge in [0, 0.05) is 13.0 Å². The van der Waals surface area contributed by atoms with E-state index in [2.05, 4.69) is 41.8 Å². The van der Waals surface area contributed by atoms with Gasteiger partial charge in [-0.05, 0) is 67.3 Å². The van der Waals surface area contributed by atoms with E-state index in [0.29, 0.717) is 25.7 Å². The zero-order valence-corrected chi connectivity index (χ0v) is 24.5. The molecule has 1 unspecified atom stereocenters. The van der Waals surface area contributed by atoms with Crippen molar-refractivity contribution in [1.29, 1.82) is 0 Å². The highest BCUT2D eigenvalue weighted by Crippen LogP contribution is 2.29. The van der Waals surface area contributed by atoms with Gasteiger partial charge in [-0.15, -0.1) is 0 Å². The summed E-state index contributed by atoms with van der Waals surface area (Å²) < 4.78 is 5.33. The molecular weight excluding hydrogens is 516 g/mol. The van der Waals surface area contributed by atoms with Gasteiger partial charge in [-0.3, -0.25) is 14.4 Å². The molecule has 2 amide bonds. The number of rotatable bonds is 15. The summed E-state index contributed by atoms with van der Waals surface area (Å²) in [6.07, 6.45) is 1.76. The van der Waals surface area contributed by atoms with Crippen LogP contribution >= 0.6 is 0 Å². The van der Waals surface area contributed by atoms with E-state index >= 15 is 0 Å². The number of amides is 2. The Hall–Kier alpha value is -3.97. The van der Waals surface area contributed by atoms with Gasteiger partial charge in [-0.1, -0.05) is 85.8 Å². The highest BCUT2D eigenvalue weighted by Gasteiger charge is 2.36. The first-order valence-electron chi connectivity index (χ1n) is 14.2. The summed E-state index contributed by atoms with van der Waals surface area (Å²) >= 11 is 0. The van der Waals surface area contributed by atoms with Gasteiger partial charge in [-0.25, -0.2) is 0 Å². The van der Waals surface area contributed by atoms with Crippen LogP contribution in [0.15, 0.2) is 78.9 Å². The molecule has 0 radical (unpaired) electrons.